The van der Waals surface area contributed by atoms with Crippen molar-refractivity contribution < 1.29 is 27.5 Å². The van der Waals surface area contributed by atoms with E-state index < -0.39 is 35.5 Å². The molecule has 1 aromatic carbocycles. The molecule has 0 bridgehead atoms. The number of amides is 1. The second kappa shape index (κ2) is 10.1. The molecule has 1 fully saturated rings. The fraction of sp³-hybridized carbons (Fsp3) is 0.440. The van der Waals surface area contributed by atoms with Gasteiger partial charge < -0.3 is 25.2 Å². The molecule has 0 saturated carbocycles. The molecule has 1 amide bonds. The van der Waals surface area contributed by atoms with Crippen LogP contribution in [0.1, 0.15) is 31.4 Å². The molecule has 0 aliphatic carbocycles. The van der Waals surface area contributed by atoms with Gasteiger partial charge in [-0.15, -0.1) is 0 Å². The van der Waals surface area contributed by atoms with E-state index in [1.54, 1.807) is 18.0 Å². The van der Waals surface area contributed by atoms with Crippen LogP contribution in [0.3, 0.4) is 0 Å². The van der Waals surface area contributed by atoms with E-state index in [0.29, 0.717) is 36.1 Å². The highest BCUT2D eigenvalue weighted by atomic mass is 19.4. The molecule has 38 heavy (non-hydrogen) atoms. The molecular weight excluding hydrogens is 506 g/mol. The summed E-state index contributed by atoms with van der Waals surface area (Å²) in [5, 5.41) is 15.3. The second-order valence-corrected chi connectivity index (χ2v) is 9.76. The molecule has 0 unspecified atom stereocenters. The molecular formula is C25H27F4N7O2. The fourth-order valence-corrected chi connectivity index (χ4v) is 4.15. The van der Waals surface area contributed by atoms with E-state index in [9.17, 15) is 27.5 Å². The van der Waals surface area contributed by atoms with Crippen LogP contribution in [0.25, 0.3) is 11.0 Å². The monoisotopic (exact) mass is 533 g/mol. The molecule has 3 N–H and O–H groups in total. The summed E-state index contributed by atoms with van der Waals surface area (Å²) in [4.78, 5) is 26.1. The lowest BCUT2D eigenvalue weighted by Gasteiger charge is -2.35. The molecule has 1 aliphatic heterocycles. The quantitative estimate of drug-likeness (QED) is 0.348. The number of nitrogens with one attached hydrogen (secondary N) is 2. The van der Waals surface area contributed by atoms with Gasteiger partial charge >= 0.3 is 6.18 Å². The Morgan fingerprint density at radius 1 is 1.18 bits per heavy atom. The number of aryl methyl sites for hydroxylation is 2. The lowest BCUT2D eigenvalue weighted by atomic mass is 10.0. The Hall–Kier alpha value is -3.92. The van der Waals surface area contributed by atoms with Gasteiger partial charge in [0.25, 0.3) is 5.91 Å². The molecule has 3 aromatic rings. The van der Waals surface area contributed by atoms with Gasteiger partial charge in [-0.25, -0.2) is 19.3 Å². The van der Waals surface area contributed by atoms with E-state index in [1.807, 2.05) is 17.6 Å². The number of benzene rings is 1. The molecule has 2 atom stereocenters. The molecule has 202 valence electrons. The normalized spacial score (nSPS) is 18.2. The Balaban J connectivity index is 1.54. The number of carbonyl (C=O) groups is 1. The van der Waals surface area contributed by atoms with Crippen molar-refractivity contribution in [2.75, 3.05) is 28.6 Å². The second-order valence-electron chi connectivity index (χ2n) is 9.76. The average molecular weight is 534 g/mol. The summed E-state index contributed by atoms with van der Waals surface area (Å²) >= 11 is 0. The summed E-state index contributed by atoms with van der Waals surface area (Å²) in [5.41, 5.74) is 0.307. The van der Waals surface area contributed by atoms with E-state index in [-0.39, 0.29) is 18.9 Å². The number of carbonyl (C=O) groups excluding carboxylic acids is 1. The van der Waals surface area contributed by atoms with Crippen molar-refractivity contribution in [3.8, 4) is 11.8 Å². The summed E-state index contributed by atoms with van der Waals surface area (Å²) in [6.07, 6.45) is -4.27. The van der Waals surface area contributed by atoms with Gasteiger partial charge in [0.05, 0.1) is 23.1 Å². The minimum atomic E-state index is -4.55. The van der Waals surface area contributed by atoms with Crippen molar-refractivity contribution in [1.82, 2.24) is 19.5 Å². The number of nitrogens with zero attached hydrogens (tertiary/aromatic N) is 5. The topological polar surface area (TPSA) is 108 Å². The van der Waals surface area contributed by atoms with E-state index in [2.05, 4.69) is 37.4 Å². The Morgan fingerprint density at radius 3 is 2.50 bits per heavy atom. The maximum absolute atomic E-state index is 14.7. The van der Waals surface area contributed by atoms with Gasteiger partial charge in [0.1, 0.15) is 11.8 Å². The largest absolute Gasteiger partial charge is 0.419 e. The number of hydrogen-bond acceptors (Lipinski definition) is 7. The summed E-state index contributed by atoms with van der Waals surface area (Å²) in [6, 6.07) is 3.06. The fourth-order valence-electron chi connectivity index (χ4n) is 4.15. The van der Waals surface area contributed by atoms with Crippen LogP contribution in [0.4, 0.5) is 35.1 Å². The molecule has 1 saturated heterocycles. The van der Waals surface area contributed by atoms with Crippen molar-refractivity contribution >= 4 is 34.5 Å². The predicted octanol–water partition coefficient (Wildman–Crippen LogP) is 3.43. The number of fused-ring (bicyclic) bond motifs is 1. The van der Waals surface area contributed by atoms with E-state index in [4.69, 9.17) is 0 Å². The van der Waals surface area contributed by atoms with Gasteiger partial charge in [-0.1, -0.05) is 5.92 Å². The third kappa shape index (κ3) is 6.31. The zero-order valence-electron chi connectivity index (χ0n) is 21.2. The van der Waals surface area contributed by atoms with E-state index in [0.717, 1.165) is 11.1 Å². The summed E-state index contributed by atoms with van der Waals surface area (Å²) in [7, 11) is 1.79. The molecule has 9 nitrogen and oxygen atoms in total. The Labute approximate surface area is 216 Å². The first-order valence-electron chi connectivity index (χ1n) is 11.8. The molecule has 0 radical (unpaired) electrons. The minimum Gasteiger partial charge on any atom is -0.378 e. The summed E-state index contributed by atoms with van der Waals surface area (Å²) in [6.45, 7) is 5.15. The zero-order chi connectivity index (χ0) is 27.8. The maximum atomic E-state index is 14.7. The number of rotatable bonds is 4. The number of piperidine rings is 1. The minimum absolute atomic E-state index is 0.0225. The summed E-state index contributed by atoms with van der Waals surface area (Å²) in [5.74, 6) is 4.70. The van der Waals surface area contributed by atoms with Crippen LogP contribution in [0.5, 0.6) is 0 Å². The molecule has 1 aliphatic rings. The third-order valence-electron chi connectivity index (χ3n) is 5.93. The number of anilines is 3. The van der Waals surface area contributed by atoms with E-state index in [1.165, 1.54) is 13.8 Å². The zero-order valence-corrected chi connectivity index (χ0v) is 21.2. The smallest absolute Gasteiger partial charge is 0.378 e. The van der Waals surface area contributed by atoms with Gasteiger partial charge in [-0.3, -0.25) is 4.79 Å². The Kier molecular flexibility index (Phi) is 7.20. The molecule has 2 aromatic heterocycles. The number of imidazole rings is 1. The van der Waals surface area contributed by atoms with Crippen LogP contribution < -0.4 is 15.5 Å². The Bertz CT molecular complexity index is 1400. The number of halogens is 4. The van der Waals surface area contributed by atoms with Crippen LogP contribution in [-0.4, -0.2) is 61.4 Å². The predicted molar refractivity (Wildman–Crippen MR) is 134 cm³/mol. The average Bonchev–Trinajstić information content (AvgIpc) is 3.12. The SMILES string of the molecule is Cc1cc2c(cc1NC(=O)C#CC(C)(C)O)nc(N1C[C@H](F)C[C@@H](Nc3ncc(C(F)(F)F)cn3)C1)n2C. The van der Waals surface area contributed by atoms with Crippen LogP contribution in [0.2, 0.25) is 0 Å². The number of hydrogen-bond donors (Lipinski definition) is 3. The molecule has 13 heteroatoms. The first kappa shape index (κ1) is 27.1. The molecule has 4 rings (SSSR count). The van der Waals surface area contributed by atoms with Crippen LogP contribution in [0.15, 0.2) is 24.5 Å². The summed E-state index contributed by atoms with van der Waals surface area (Å²) < 4.78 is 54.9. The highest BCUT2D eigenvalue weighted by molar-refractivity contribution is 6.05. The van der Waals surface area contributed by atoms with Crippen molar-refractivity contribution in [3.63, 3.8) is 0 Å². The van der Waals surface area contributed by atoms with E-state index >= 15 is 0 Å². The number of aromatic nitrogens is 4. The lowest BCUT2D eigenvalue weighted by Crippen LogP contribution is -2.48. The van der Waals surface area contributed by atoms with Crippen molar-refractivity contribution in [3.05, 3.63) is 35.7 Å². The standard InChI is InChI=1S/C25H27F4N7O2/c1-14-7-20-19(9-18(14)33-21(37)5-6-24(2,3)38)34-23(35(20)4)36-12-16(26)8-17(13-36)32-22-30-10-15(11-31-22)25(27,28)29/h7,9-11,16-17,38H,8,12-13H2,1-4H3,(H,33,37)(H,30,31,32)/t16-,17-/m1/s1. The van der Waals surface area contributed by atoms with Gasteiger partial charge in [-0.05, 0) is 44.4 Å². The maximum Gasteiger partial charge on any atom is 0.419 e. The first-order valence-corrected chi connectivity index (χ1v) is 11.8. The first-order chi connectivity index (χ1) is 17.7. The van der Waals surface area contributed by atoms with Gasteiger partial charge in [0.2, 0.25) is 11.9 Å². The van der Waals surface area contributed by atoms with Gasteiger partial charge in [0.15, 0.2) is 0 Å². The van der Waals surface area contributed by atoms with Crippen LogP contribution in [0, 0.1) is 18.8 Å². The van der Waals surface area contributed by atoms with Crippen molar-refractivity contribution in [2.45, 2.75) is 51.2 Å². The van der Waals surface area contributed by atoms with Crippen LogP contribution in [-0.2, 0) is 18.0 Å². The third-order valence-corrected chi connectivity index (χ3v) is 5.93. The lowest BCUT2D eigenvalue weighted by molar-refractivity contribution is -0.138. The Morgan fingerprint density at radius 2 is 1.87 bits per heavy atom. The number of aliphatic hydroxyl groups is 1. The highest BCUT2D eigenvalue weighted by Crippen LogP contribution is 2.30. The molecule has 0 spiro atoms. The van der Waals surface area contributed by atoms with Gasteiger partial charge in [-0.2, -0.15) is 13.2 Å². The number of alkyl halides is 4. The van der Waals surface area contributed by atoms with Crippen molar-refractivity contribution in [2.24, 2.45) is 7.05 Å². The van der Waals surface area contributed by atoms with Crippen molar-refractivity contribution in [1.29, 1.82) is 0 Å². The van der Waals surface area contributed by atoms with Gasteiger partial charge in [0, 0.05) is 44.1 Å². The van der Waals surface area contributed by atoms with Crippen LogP contribution >= 0.6 is 0 Å². The highest BCUT2D eigenvalue weighted by Gasteiger charge is 2.33. The molecule has 3 heterocycles.